The fourth-order valence-electron chi connectivity index (χ4n) is 2.59. The first-order valence-electron chi connectivity index (χ1n) is 7.42. The molecule has 1 heterocycles. The van der Waals surface area contributed by atoms with Crippen molar-refractivity contribution >= 4 is 18.3 Å². The molecule has 1 atom stereocenters. The van der Waals surface area contributed by atoms with Gasteiger partial charge in [-0.15, -0.1) is 12.4 Å². The van der Waals surface area contributed by atoms with Crippen LogP contribution in [-0.2, 0) is 16.0 Å². The molecular weight excluding hydrogens is 288 g/mol. The van der Waals surface area contributed by atoms with Gasteiger partial charge in [0.2, 0.25) is 5.91 Å². The van der Waals surface area contributed by atoms with Gasteiger partial charge < -0.3 is 15.4 Å². The van der Waals surface area contributed by atoms with Gasteiger partial charge in [-0.1, -0.05) is 30.3 Å². The van der Waals surface area contributed by atoms with Gasteiger partial charge in [0.1, 0.15) is 0 Å². The first kappa shape index (κ1) is 18.0. The van der Waals surface area contributed by atoms with Crippen molar-refractivity contribution in [1.29, 1.82) is 0 Å². The molecule has 1 aliphatic heterocycles. The van der Waals surface area contributed by atoms with Gasteiger partial charge in [0.05, 0.1) is 12.5 Å². The smallest absolute Gasteiger partial charge is 0.228 e. The van der Waals surface area contributed by atoms with Gasteiger partial charge in [-0.05, 0) is 24.8 Å². The largest absolute Gasteiger partial charge is 0.381 e. The number of carbonyl (C=O) groups excluding carboxylic acids is 1. The van der Waals surface area contributed by atoms with Gasteiger partial charge in [-0.2, -0.15) is 0 Å². The fourth-order valence-corrected chi connectivity index (χ4v) is 2.59. The summed E-state index contributed by atoms with van der Waals surface area (Å²) in [6, 6.07) is 10.2. The van der Waals surface area contributed by atoms with E-state index in [2.05, 4.69) is 12.1 Å². The summed E-state index contributed by atoms with van der Waals surface area (Å²) in [6.07, 6.45) is 2.79. The fraction of sp³-hybridized carbons (Fsp3) is 0.562. The van der Waals surface area contributed by atoms with Crippen molar-refractivity contribution < 1.29 is 9.53 Å². The highest BCUT2D eigenvalue weighted by atomic mass is 35.5. The molecule has 2 N–H and O–H groups in total. The van der Waals surface area contributed by atoms with Crippen molar-refractivity contribution in [3.05, 3.63) is 35.9 Å². The van der Waals surface area contributed by atoms with E-state index in [0.29, 0.717) is 19.7 Å². The number of amides is 1. The molecule has 1 unspecified atom stereocenters. The van der Waals surface area contributed by atoms with Crippen LogP contribution in [0.2, 0.25) is 0 Å². The second-order valence-electron chi connectivity index (χ2n) is 5.26. The molecule has 21 heavy (non-hydrogen) atoms. The van der Waals surface area contributed by atoms with E-state index in [4.69, 9.17) is 10.5 Å². The number of benzene rings is 1. The summed E-state index contributed by atoms with van der Waals surface area (Å²) in [6.45, 7) is 3.21. The van der Waals surface area contributed by atoms with Crippen LogP contribution in [0.15, 0.2) is 30.3 Å². The lowest BCUT2D eigenvalue weighted by atomic mass is 10.0. The number of rotatable bonds is 6. The molecule has 1 amide bonds. The van der Waals surface area contributed by atoms with Gasteiger partial charge in [0.15, 0.2) is 0 Å². The zero-order valence-electron chi connectivity index (χ0n) is 12.4. The van der Waals surface area contributed by atoms with E-state index in [1.54, 1.807) is 0 Å². The molecule has 1 aromatic carbocycles. The molecule has 0 radical (unpaired) electrons. The zero-order valence-corrected chi connectivity index (χ0v) is 13.2. The minimum atomic E-state index is 0. The second-order valence-corrected chi connectivity index (χ2v) is 5.26. The van der Waals surface area contributed by atoms with Crippen LogP contribution < -0.4 is 5.73 Å². The third kappa shape index (κ3) is 5.65. The predicted octanol–water partition coefficient (Wildman–Crippen LogP) is 1.86. The molecule has 118 valence electrons. The van der Waals surface area contributed by atoms with Gasteiger partial charge in [-0.3, -0.25) is 4.79 Å². The maximum atomic E-state index is 12.5. The molecule has 5 heteroatoms. The number of nitrogens with two attached hydrogens (primary N) is 1. The Balaban J connectivity index is 0.00000220. The Morgan fingerprint density at radius 1 is 1.29 bits per heavy atom. The lowest BCUT2D eigenvalue weighted by Crippen LogP contribution is -2.43. The Labute approximate surface area is 133 Å². The van der Waals surface area contributed by atoms with E-state index < -0.39 is 0 Å². The summed E-state index contributed by atoms with van der Waals surface area (Å²) in [5.41, 5.74) is 6.89. The summed E-state index contributed by atoms with van der Waals surface area (Å²) in [4.78, 5) is 14.4. The number of ether oxygens (including phenoxy) is 1. The van der Waals surface area contributed by atoms with Crippen molar-refractivity contribution in [2.75, 3.05) is 32.8 Å². The standard InChI is InChI=1S/C16H24N2O2.ClH/c17-9-11-18(10-8-14-5-2-1-3-6-14)16(19)15-7-4-12-20-13-15;/h1-3,5-6,15H,4,7-13,17H2;1H. The molecule has 1 fully saturated rings. The number of hydrogen-bond donors (Lipinski definition) is 1. The molecule has 1 saturated heterocycles. The molecule has 0 saturated carbocycles. The molecule has 0 bridgehead atoms. The number of hydrogen-bond acceptors (Lipinski definition) is 3. The Hall–Kier alpha value is -1.10. The number of nitrogens with zero attached hydrogens (tertiary/aromatic N) is 1. The van der Waals surface area contributed by atoms with Gasteiger partial charge >= 0.3 is 0 Å². The van der Waals surface area contributed by atoms with E-state index in [1.165, 1.54) is 5.56 Å². The quantitative estimate of drug-likeness (QED) is 0.872. The lowest BCUT2D eigenvalue weighted by Gasteiger charge is -2.29. The van der Waals surface area contributed by atoms with E-state index in [-0.39, 0.29) is 24.2 Å². The summed E-state index contributed by atoms with van der Waals surface area (Å²) < 4.78 is 5.42. The maximum absolute atomic E-state index is 12.5. The van der Waals surface area contributed by atoms with Crippen molar-refractivity contribution in [3.8, 4) is 0 Å². The highest BCUT2D eigenvalue weighted by Gasteiger charge is 2.25. The highest BCUT2D eigenvalue weighted by Crippen LogP contribution is 2.16. The maximum Gasteiger partial charge on any atom is 0.228 e. The molecule has 0 aromatic heterocycles. The minimum absolute atomic E-state index is 0. The Kier molecular flexibility index (Phi) is 8.35. The minimum Gasteiger partial charge on any atom is -0.381 e. The lowest BCUT2D eigenvalue weighted by molar-refractivity contribution is -0.139. The van der Waals surface area contributed by atoms with E-state index in [1.807, 2.05) is 23.1 Å². The number of carbonyl (C=O) groups is 1. The molecule has 1 aromatic rings. The van der Waals surface area contributed by atoms with Crippen molar-refractivity contribution in [3.63, 3.8) is 0 Å². The van der Waals surface area contributed by atoms with Crippen molar-refractivity contribution in [2.24, 2.45) is 11.7 Å². The van der Waals surface area contributed by atoms with Crippen molar-refractivity contribution in [2.45, 2.75) is 19.3 Å². The second kappa shape index (κ2) is 9.77. The number of halogens is 1. The SMILES string of the molecule is Cl.NCCN(CCc1ccccc1)C(=O)C1CCCOC1. The van der Waals surface area contributed by atoms with E-state index >= 15 is 0 Å². The molecule has 2 rings (SSSR count). The van der Waals surface area contributed by atoms with Crippen LogP contribution in [0.4, 0.5) is 0 Å². The van der Waals surface area contributed by atoms with Crippen LogP contribution in [0.3, 0.4) is 0 Å². The highest BCUT2D eigenvalue weighted by molar-refractivity contribution is 5.85. The van der Waals surface area contributed by atoms with Crippen LogP contribution in [0.25, 0.3) is 0 Å². The average molecular weight is 313 g/mol. The molecule has 1 aliphatic rings. The topological polar surface area (TPSA) is 55.6 Å². The summed E-state index contributed by atoms with van der Waals surface area (Å²) in [5.74, 6) is 0.220. The van der Waals surface area contributed by atoms with Crippen LogP contribution in [0, 0.1) is 5.92 Å². The Bertz CT molecular complexity index is 408. The van der Waals surface area contributed by atoms with E-state index in [0.717, 1.165) is 32.4 Å². The molecule has 0 aliphatic carbocycles. The first-order chi connectivity index (χ1) is 9.81. The molecule has 0 spiro atoms. The Morgan fingerprint density at radius 3 is 2.67 bits per heavy atom. The van der Waals surface area contributed by atoms with Crippen molar-refractivity contribution in [1.82, 2.24) is 4.90 Å². The van der Waals surface area contributed by atoms with Crippen LogP contribution >= 0.6 is 12.4 Å². The summed E-state index contributed by atoms with van der Waals surface area (Å²) in [5, 5.41) is 0. The van der Waals surface area contributed by atoms with Crippen LogP contribution in [0.5, 0.6) is 0 Å². The third-order valence-electron chi connectivity index (χ3n) is 3.73. The monoisotopic (exact) mass is 312 g/mol. The van der Waals surface area contributed by atoms with Gasteiger partial charge in [0.25, 0.3) is 0 Å². The van der Waals surface area contributed by atoms with Gasteiger partial charge in [0, 0.05) is 26.2 Å². The normalized spacial score (nSPS) is 17.9. The van der Waals surface area contributed by atoms with Crippen LogP contribution in [-0.4, -0.2) is 43.7 Å². The average Bonchev–Trinajstić information content (AvgIpc) is 2.52. The summed E-state index contributed by atoms with van der Waals surface area (Å²) in [7, 11) is 0. The van der Waals surface area contributed by atoms with E-state index in [9.17, 15) is 4.79 Å². The van der Waals surface area contributed by atoms with Gasteiger partial charge in [-0.25, -0.2) is 0 Å². The first-order valence-corrected chi connectivity index (χ1v) is 7.42. The zero-order chi connectivity index (χ0) is 14.2. The molecule has 4 nitrogen and oxygen atoms in total. The summed E-state index contributed by atoms with van der Waals surface area (Å²) >= 11 is 0. The molecular formula is C16H25ClN2O2. The van der Waals surface area contributed by atoms with Crippen LogP contribution in [0.1, 0.15) is 18.4 Å². The Morgan fingerprint density at radius 2 is 2.05 bits per heavy atom. The predicted molar refractivity (Wildman–Crippen MR) is 86.6 cm³/mol. The third-order valence-corrected chi connectivity index (χ3v) is 3.73.